The summed E-state index contributed by atoms with van der Waals surface area (Å²) in [6, 6.07) is 8.17. The van der Waals surface area contributed by atoms with Crippen molar-refractivity contribution in [2.75, 3.05) is 31.2 Å². The summed E-state index contributed by atoms with van der Waals surface area (Å²) in [6.07, 6.45) is 3.87. The number of guanidine groups is 1. The molecule has 0 atom stereocenters. The number of nitrogens with one attached hydrogen (secondary N) is 2. The minimum atomic E-state index is -0.0121. The van der Waals surface area contributed by atoms with E-state index in [1.807, 2.05) is 24.3 Å². The van der Waals surface area contributed by atoms with Crippen LogP contribution < -0.4 is 16.4 Å². The maximum atomic E-state index is 5.76. The summed E-state index contributed by atoms with van der Waals surface area (Å²) in [4.78, 5) is 5.82. The fourth-order valence-electron chi connectivity index (χ4n) is 1.54. The topological polar surface area (TPSA) is 62.4 Å². The van der Waals surface area contributed by atoms with Crippen LogP contribution in [0.5, 0.6) is 0 Å². The first-order chi connectivity index (χ1) is 10.0. The van der Waals surface area contributed by atoms with Crippen LogP contribution in [0.2, 0.25) is 0 Å². The van der Waals surface area contributed by atoms with E-state index in [-0.39, 0.29) is 5.41 Å². The van der Waals surface area contributed by atoms with Crippen LogP contribution >= 0.6 is 11.8 Å². The molecule has 116 valence electrons. The van der Waals surface area contributed by atoms with Crippen molar-refractivity contribution in [3.05, 3.63) is 36.9 Å². The smallest absolute Gasteiger partial charge is 0.196 e. The Kier molecular flexibility index (Phi) is 7.32. The zero-order valence-electron chi connectivity index (χ0n) is 13.1. The molecule has 4 N–H and O–H groups in total. The van der Waals surface area contributed by atoms with Crippen molar-refractivity contribution in [2.24, 2.45) is 16.1 Å². The lowest BCUT2D eigenvalue weighted by Gasteiger charge is -2.21. The normalized spacial score (nSPS) is 12.1. The Bertz CT molecular complexity index is 483. The molecule has 0 aliphatic rings. The molecular weight excluding hydrogens is 280 g/mol. The number of anilines is 1. The largest absolute Gasteiger partial charge is 0.353 e. The summed E-state index contributed by atoms with van der Waals surface area (Å²) >= 11 is 1.70. The fourth-order valence-corrected chi connectivity index (χ4v) is 2.10. The van der Waals surface area contributed by atoms with Gasteiger partial charge in [0, 0.05) is 18.0 Å². The van der Waals surface area contributed by atoms with Gasteiger partial charge in [-0.2, -0.15) is 0 Å². The van der Waals surface area contributed by atoms with E-state index in [0.717, 1.165) is 11.6 Å². The van der Waals surface area contributed by atoms with Gasteiger partial charge in [-0.15, -0.1) is 18.3 Å². The highest BCUT2D eigenvalue weighted by molar-refractivity contribution is 7.98. The van der Waals surface area contributed by atoms with Crippen LogP contribution in [0.3, 0.4) is 0 Å². The second-order valence-electron chi connectivity index (χ2n) is 5.53. The van der Waals surface area contributed by atoms with Crippen LogP contribution in [0.25, 0.3) is 0 Å². The third-order valence-electron chi connectivity index (χ3n) is 2.99. The number of hydrogen-bond donors (Lipinski definition) is 3. The molecule has 21 heavy (non-hydrogen) atoms. The zero-order valence-corrected chi connectivity index (χ0v) is 14.0. The van der Waals surface area contributed by atoms with Crippen LogP contribution in [0.1, 0.15) is 13.8 Å². The molecule has 0 heterocycles. The van der Waals surface area contributed by atoms with E-state index >= 15 is 0 Å². The summed E-state index contributed by atoms with van der Waals surface area (Å²) in [7, 11) is 0. The number of benzene rings is 1. The Morgan fingerprint density at radius 3 is 2.76 bits per heavy atom. The van der Waals surface area contributed by atoms with Gasteiger partial charge in [-0.3, -0.25) is 4.99 Å². The molecular formula is C16H26N4S. The molecule has 0 aliphatic carbocycles. The molecule has 0 unspecified atom stereocenters. The third kappa shape index (κ3) is 6.23. The van der Waals surface area contributed by atoms with E-state index in [1.54, 1.807) is 11.8 Å². The van der Waals surface area contributed by atoms with Gasteiger partial charge in [0.25, 0.3) is 0 Å². The van der Waals surface area contributed by atoms with Crippen molar-refractivity contribution < 1.29 is 0 Å². The number of nitrogens with zero attached hydrogens (tertiary/aromatic N) is 1. The Hall–Kier alpha value is -1.46. The van der Waals surface area contributed by atoms with Crippen LogP contribution in [-0.2, 0) is 0 Å². The van der Waals surface area contributed by atoms with E-state index in [1.165, 1.54) is 4.90 Å². The molecule has 0 bridgehead atoms. The molecule has 0 spiro atoms. The Morgan fingerprint density at radius 1 is 1.43 bits per heavy atom. The maximum absolute atomic E-state index is 5.76. The predicted molar refractivity (Wildman–Crippen MR) is 95.2 cm³/mol. The van der Waals surface area contributed by atoms with Crippen LogP contribution in [0.15, 0.2) is 46.8 Å². The SMILES string of the molecule is C=CCNC(=NCC(C)(C)CN)Nc1ccccc1SC. The lowest BCUT2D eigenvalue weighted by molar-refractivity contribution is 0.393. The van der Waals surface area contributed by atoms with E-state index < -0.39 is 0 Å². The molecule has 0 amide bonds. The first kappa shape index (κ1) is 17.6. The summed E-state index contributed by atoms with van der Waals surface area (Å²) in [5, 5.41) is 6.60. The van der Waals surface area contributed by atoms with Gasteiger partial charge in [-0.05, 0) is 30.3 Å². The van der Waals surface area contributed by atoms with Crippen molar-refractivity contribution in [3.8, 4) is 0 Å². The van der Waals surface area contributed by atoms with E-state index in [2.05, 4.69) is 48.4 Å². The molecule has 1 aromatic rings. The molecule has 1 aromatic carbocycles. The van der Waals surface area contributed by atoms with Crippen molar-refractivity contribution in [1.29, 1.82) is 0 Å². The lowest BCUT2D eigenvalue weighted by atomic mass is 9.94. The predicted octanol–water partition coefficient (Wildman–Crippen LogP) is 2.94. The molecule has 0 aliphatic heterocycles. The van der Waals surface area contributed by atoms with Crippen molar-refractivity contribution in [3.63, 3.8) is 0 Å². The standard InChI is InChI=1S/C16H26N4S/c1-5-10-18-15(19-12-16(2,3)11-17)20-13-8-6-7-9-14(13)21-4/h5-9H,1,10-12,17H2,2-4H3,(H2,18,19,20). The Balaban J connectivity index is 2.87. The summed E-state index contributed by atoms with van der Waals surface area (Å²) < 4.78 is 0. The second kappa shape index (κ2) is 8.74. The fraction of sp³-hybridized carbons (Fsp3) is 0.438. The van der Waals surface area contributed by atoms with Gasteiger partial charge >= 0.3 is 0 Å². The molecule has 0 radical (unpaired) electrons. The highest BCUT2D eigenvalue weighted by atomic mass is 32.2. The van der Waals surface area contributed by atoms with E-state index in [4.69, 9.17) is 5.73 Å². The van der Waals surface area contributed by atoms with Gasteiger partial charge in [-0.25, -0.2) is 0 Å². The van der Waals surface area contributed by atoms with Crippen LogP contribution in [0, 0.1) is 5.41 Å². The summed E-state index contributed by atoms with van der Waals surface area (Å²) in [6.45, 7) is 9.88. The number of thioether (sulfide) groups is 1. The minimum absolute atomic E-state index is 0.0121. The Labute approximate surface area is 132 Å². The first-order valence-corrected chi connectivity index (χ1v) is 8.24. The molecule has 0 saturated carbocycles. The highest BCUT2D eigenvalue weighted by Crippen LogP contribution is 2.24. The number of rotatable bonds is 7. The van der Waals surface area contributed by atoms with Gasteiger partial charge in [-0.1, -0.05) is 32.1 Å². The van der Waals surface area contributed by atoms with E-state index in [0.29, 0.717) is 19.6 Å². The van der Waals surface area contributed by atoms with Gasteiger partial charge in [0.05, 0.1) is 5.69 Å². The molecule has 0 saturated heterocycles. The van der Waals surface area contributed by atoms with Gasteiger partial charge in [0.2, 0.25) is 0 Å². The molecule has 4 nitrogen and oxygen atoms in total. The quantitative estimate of drug-likeness (QED) is 0.314. The number of nitrogens with two attached hydrogens (primary N) is 1. The summed E-state index contributed by atoms with van der Waals surface area (Å²) in [5.74, 6) is 0.748. The molecule has 1 rings (SSSR count). The number of aliphatic imine (C=N–C) groups is 1. The maximum Gasteiger partial charge on any atom is 0.196 e. The number of hydrogen-bond acceptors (Lipinski definition) is 3. The first-order valence-electron chi connectivity index (χ1n) is 7.01. The van der Waals surface area contributed by atoms with Gasteiger partial charge < -0.3 is 16.4 Å². The van der Waals surface area contributed by atoms with Crippen molar-refractivity contribution in [1.82, 2.24) is 5.32 Å². The molecule has 0 aromatic heterocycles. The van der Waals surface area contributed by atoms with Gasteiger partial charge in [0.1, 0.15) is 0 Å². The monoisotopic (exact) mass is 306 g/mol. The third-order valence-corrected chi connectivity index (χ3v) is 3.79. The zero-order chi connectivity index (χ0) is 15.7. The van der Waals surface area contributed by atoms with Crippen LogP contribution in [0.4, 0.5) is 5.69 Å². The number of para-hydroxylation sites is 1. The highest BCUT2D eigenvalue weighted by Gasteiger charge is 2.15. The van der Waals surface area contributed by atoms with Gasteiger partial charge in [0.15, 0.2) is 5.96 Å². The molecule has 5 heteroatoms. The minimum Gasteiger partial charge on any atom is -0.353 e. The summed E-state index contributed by atoms with van der Waals surface area (Å²) in [5.41, 5.74) is 6.80. The van der Waals surface area contributed by atoms with E-state index in [9.17, 15) is 0 Å². The Morgan fingerprint density at radius 2 is 2.14 bits per heavy atom. The van der Waals surface area contributed by atoms with Crippen molar-refractivity contribution in [2.45, 2.75) is 18.7 Å². The van der Waals surface area contributed by atoms with Crippen LogP contribution in [-0.4, -0.2) is 31.8 Å². The van der Waals surface area contributed by atoms with Crippen molar-refractivity contribution >= 4 is 23.4 Å². The lowest BCUT2D eigenvalue weighted by Crippen LogP contribution is -2.34. The average molecular weight is 306 g/mol. The second-order valence-corrected chi connectivity index (χ2v) is 6.38. The molecule has 0 fully saturated rings. The average Bonchev–Trinajstić information content (AvgIpc) is 2.50.